The van der Waals surface area contributed by atoms with Crippen molar-refractivity contribution in [1.82, 2.24) is 5.32 Å². The molecule has 16 heteroatoms. The fourth-order valence-electron chi connectivity index (χ4n) is 10.5. The Morgan fingerprint density at radius 1 is 0.846 bits per heavy atom. The maximum Gasteiger partial charge on any atom is 0.338 e. The van der Waals surface area contributed by atoms with Crippen molar-refractivity contribution in [3.05, 3.63) is 113 Å². The topological polar surface area (TPSA) is 225 Å². The maximum absolute atomic E-state index is 15.6. The summed E-state index contributed by atoms with van der Waals surface area (Å²) in [5, 5.41) is 40.5. The first-order chi connectivity index (χ1) is 30.6. The molecule has 0 radical (unpaired) electrons. The first kappa shape index (κ1) is 47.0. The Morgan fingerprint density at radius 2 is 1.46 bits per heavy atom. The molecule has 65 heavy (non-hydrogen) atoms. The van der Waals surface area contributed by atoms with E-state index in [1.165, 1.54) is 26.0 Å². The van der Waals surface area contributed by atoms with Gasteiger partial charge in [0.25, 0.3) is 5.91 Å². The highest BCUT2D eigenvalue weighted by atomic mass is 16.6. The van der Waals surface area contributed by atoms with Crippen LogP contribution < -0.4 is 10.2 Å². The van der Waals surface area contributed by atoms with E-state index < -0.39 is 113 Å². The average molecular weight is 897 g/mol. The van der Waals surface area contributed by atoms with E-state index in [2.05, 4.69) is 5.32 Å². The van der Waals surface area contributed by atoms with Crippen LogP contribution in [0.1, 0.15) is 86.7 Å². The molecule has 1 heterocycles. The van der Waals surface area contributed by atoms with Crippen LogP contribution in [-0.2, 0) is 42.9 Å². The fraction of sp³-hybridized carbons (Fsp3) is 0.469. The summed E-state index contributed by atoms with van der Waals surface area (Å²) in [7, 11) is 3.64. The average Bonchev–Trinajstić information content (AvgIpc) is 3.26. The lowest BCUT2D eigenvalue weighted by Gasteiger charge is -2.67. The zero-order chi connectivity index (χ0) is 47.4. The molecule has 1 saturated heterocycles. The van der Waals surface area contributed by atoms with Crippen molar-refractivity contribution in [3.63, 3.8) is 0 Å². The Bertz CT molecular complexity index is 2390. The van der Waals surface area contributed by atoms with Crippen LogP contribution in [0.3, 0.4) is 0 Å². The highest BCUT2D eigenvalue weighted by molar-refractivity contribution is 5.96. The number of carbonyl (C=O) groups excluding carboxylic acids is 6. The van der Waals surface area contributed by atoms with Crippen molar-refractivity contribution in [2.75, 3.05) is 25.6 Å². The lowest BCUT2D eigenvalue weighted by molar-refractivity contribution is -0.346. The number of anilines is 1. The van der Waals surface area contributed by atoms with Gasteiger partial charge in [0.15, 0.2) is 23.6 Å². The Morgan fingerprint density at radius 3 is 2.02 bits per heavy atom. The molecule has 3 aromatic rings. The number of hydrogen-bond acceptors (Lipinski definition) is 15. The standard InChI is InChI=1S/C49H56N2O14/c1-26-33(63-45(59)38(55)37(29-15-11-9-12-16-29)50-43(57)30-17-13-10-14-18-30)24-49(60)42(64-44(58)31-19-21-32(22-20-31)51(7)8)40-47(6,34(54)23-35-48(40,25-61-35)65-28(3)53)41(56)39(62-27(2)52)36(26)46(49,4)5/h9-22,33-35,37-40,42,54-55,60H,23-25H2,1-8H3,(H,50,57)/t33-,34-,35+,37-,38+,39+,40-,42-,47+,48-,49+/m0/s1. The van der Waals surface area contributed by atoms with Crippen molar-refractivity contribution in [2.45, 2.75) is 108 Å². The number of nitrogens with one attached hydrogen (secondary N) is 1. The lowest BCUT2D eigenvalue weighted by Crippen LogP contribution is -2.82. The third-order valence-electron chi connectivity index (χ3n) is 14.1. The number of esters is 4. The van der Waals surface area contributed by atoms with Gasteiger partial charge in [-0.1, -0.05) is 62.4 Å². The number of rotatable bonds is 11. The molecular weight excluding hydrogens is 841 g/mol. The molecule has 7 rings (SSSR count). The van der Waals surface area contributed by atoms with Crippen molar-refractivity contribution >= 4 is 41.3 Å². The number of Topliss-reactive ketones (excluding diaryl/α,β-unsaturated/α-hetero) is 1. The van der Waals surface area contributed by atoms with Crippen molar-refractivity contribution in [1.29, 1.82) is 0 Å². The molecule has 2 saturated carbocycles. The van der Waals surface area contributed by atoms with Crippen LogP contribution in [0, 0.1) is 16.7 Å². The van der Waals surface area contributed by atoms with Gasteiger partial charge in [0, 0.05) is 57.5 Å². The van der Waals surface area contributed by atoms with Crippen LogP contribution in [0.2, 0.25) is 0 Å². The largest absolute Gasteiger partial charge is 0.456 e. The van der Waals surface area contributed by atoms with E-state index >= 15 is 4.79 Å². The molecular formula is C49H56N2O14. The molecule has 11 atom stereocenters. The summed E-state index contributed by atoms with van der Waals surface area (Å²) in [5.74, 6) is -6.88. The van der Waals surface area contributed by atoms with Gasteiger partial charge in [-0.2, -0.15) is 0 Å². The van der Waals surface area contributed by atoms with Gasteiger partial charge in [0.05, 0.1) is 35.6 Å². The van der Waals surface area contributed by atoms with Gasteiger partial charge in [-0.15, -0.1) is 0 Å². The van der Waals surface area contributed by atoms with Gasteiger partial charge in [-0.3, -0.25) is 19.2 Å². The number of carbonyl (C=O) groups is 6. The quantitative estimate of drug-likeness (QED) is 0.122. The lowest BCUT2D eigenvalue weighted by atomic mass is 9.44. The van der Waals surface area contributed by atoms with Gasteiger partial charge < -0.3 is 49.2 Å². The number of ketones is 1. The molecule has 0 spiro atoms. The predicted octanol–water partition coefficient (Wildman–Crippen LogP) is 3.80. The van der Waals surface area contributed by atoms with Crippen LogP contribution in [0.15, 0.2) is 96.1 Å². The van der Waals surface area contributed by atoms with Crippen molar-refractivity contribution in [2.24, 2.45) is 16.7 Å². The summed E-state index contributed by atoms with van der Waals surface area (Å²) in [4.78, 5) is 85.9. The fourth-order valence-corrected chi connectivity index (χ4v) is 10.5. The Balaban J connectivity index is 1.39. The molecule has 0 unspecified atom stereocenters. The number of nitrogens with zero attached hydrogens (tertiary/aromatic N) is 1. The van der Waals surface area contributed by atoms with E-state index in [4.69, 9.17) is 23.7 Å². The minimum atomic E-state index is -2.41. The third-order valence-corrected chi connectivity index (χ3v) is 14.1. The highest BCUT2D eigenvalue weighted by Gasteiger charge is 2.78. The maximum atomic E-state index is 15.6. The van der Waals surface area contributed by atoms with E-state index in [1.807, 2.05) is 19.0 Å². The van der Waals surface area contributed by atoms with Crippen LogP contribution in [-0.4, -0.2) is 119 Å². The summed E-state index contributed by atoms with van der Waals surface area (Å²) in [6, 6.07) is 21.5. The number of amides is 1. The second kappa shape index (κ2) is 17.5. The summed E-state index contributed by atoms with van der Waals surface area (Å²) in [6.07, 6.45) is -10.6. The molecule has 346 valence electrons. The first-order valence-electron chi connectivity index (χ1n) is 21.5. The SMILES string of the molecule is CC(=O)O[C@H]1C(=O)[C@@]2(C)[C@H]([C@H](OC(=O)c3ccc(N(C)C)cc3)[C@]3(O)C[C@H](OC(=O)[C@H](O)[C@@H](NC(=O)c4ccccc4)c4ccccc4)C(C)=C1C3(C)C)[C@]1(OC(C)=O)CO[C@@H]1C[C@@H]2O. The molecule has 4 N–H and O–H groups in total. The number of aliphatic hydroxyl groups excluding tert-OH is 2. The summed E-state index contributed by atoms with van der Waals surface area (Å²) in [5.41, 5.74) is -6.34. The molecule has 0 aromatic heterocycles. The number of benzene rings is 3. The van der Waals surface area contributed by atoms with Gasteiger partial charge in [-0.05, 0) is 67.0 Å². The van der Waals surface area contributed by atoms with Crippen LogP contribution in [0.5, 0.6) is 0 Å². The summed E-state index contributed by atoms with van der Waals surface area (Å²) >= 11 is 0. The summed E-state index contributed by atoms with van der Waals surface area (Å²) in [6.45, 7) is 7.98. The molecule has 3 aromatic carbocycles. The van der Waals surface area contributed by atoms with Gasteiger partial charge in [-0.25, -0.2) is 9.59 Å². The van der Waals surface area contributed by atoms with Crippen molar-refractivity contribution < 1.29 is 67.8 Å². The zero-order valence-electron chi connectivity index (χ0n) is 37.6. The Kier molecular flexibility index (Phi) is 12.6. The molecule has 2 bridgehead atoms. The number of hydrogen-bond donors (Lipinski definition) is 4. The molecule has 1 amide bonds. The molecule has 3 fully saturated rings. The van der Waals surface area contributed by atoms with Gasteiger partial charge in [0.1, 0.15) is 23.9 Å². The number of aliphatic hydroxyl groups is 3. The second-order valence-electron chi connectivity index (χ2n) is 18.4. The molecule has 4 aliphatic rings. The minimum absolute atomic E-state index is 0.00694. The van der Waals surface area contributed by atoms with Crippen LogP contribution >= 0.6 is 0 Å². The highest BCUT2D eigenvalue weighted by Crippen LogP contribution is 2.64. The first-order valence-corrected chi connectivity index (χ1v) is 21.5. The Labute approximate surface area is 376 Å². The van der Waals surface area contributed by atoms with E-state index in [9.17, 15) is 39.3 Å². The van der Waals surface area contributed by atoms with Crippen LogP contribution in [0.25, 0.3) is 0 Å². The number of fused-ring (bicyclic) bond motifs is 5. The third kappa shape index (κ3) is 8.00. The minimum Gasteiger partial charge on any atom is -0.456 e. The van der Waals surface area contributed by atoms with E-state index in [1.54, 1.807) is 86.6 Å². The molecule has 16 nitrogen and oxygen atoms in total. The van der Waals surface area contributed by atoms with Crippen LogP contribution in [0.4, 0.5) is 5.69 Å². The summed E-state index contributed by atoms with van der Waals surface area (Å²) < 4.78 is 30.5. The van der Waals surface area contributed by atoms with E-state index in [0.29, 0.717) is 5.56 Å². The van der Waals surface area contributed by atoms with Gasteiger partial charge >= 0.3 is 23.9 Å². The Hall–Kier alpha value is -5.94. The normalized spacial score (nSPS) is 30.9. The zero-order valence-corrected chi connectivity index (χ0v) is 37.6. The van der Waals surface area contributed by atoms with E-state index in [-0.39, 0.29) is 35.3 Å². The van der Waals surface area contributed by atoms with Crippen molar-refractivity contribution in [3.8, 4) is 0 Å². The second-order valence-corrected chi connectivity index (χ2v) is 18.4. The molecule has 1 aliphatic heterocycles. The number of ether oxygens (including phenoxy) is 5. The van der Waals surface area contributed by atoms with E-state index in [0.717, 1.165) is 19.5 Å². The predicted molar refractivity (Wildman–Crippen MR) is 232 cm³/mol. The molecule has 3 aliphatic carbocycles. The van der Waals surface area contributed by atoms with Gasteiger partial charge in [0.2, 0.25) is 0 Å². The monoisotopic (exact) mass is 896 g/mol. The smallest absolute Gasteiger partial charge is 0.338 e.